The molecule has 0 heterocycles. The van der Waals surface area contributed by atoms with E-state index in [-0.39, 0.29) is 9.76 Å². The van der Waals surface area contributed by atoms with Gasteiger partial charge in [-0.05, 0) is 24.0 Å². The number of hydrogen-bond donors (Lipinski definition) is 0. The maximum atomic E-state index is 5.31. The van der Waals surface area contributed by atoms with Gasteiger partial charge in [0, 0.05) is 0 Å². The van der Waals surface area contributed by atoms with Crippen LogP contribution in [-0.2, 0) is 4.12 Å². The lowest BCUT2D eigenvalue weighted by molar-refractivity contribution is 0.563. The van der Waals surface area contributed by atoms with Gasteiger partial charge in [0.05, 0.1) is 0 Å². The lowest BCUT2D eigenvalue weighted by Crippen LogP contribution is -1.95. The highest BCUT2D eigenvalue weighted by atomic mass is 32.2. The maximum Gasteiger partial charge on any atom is 0.146 e. The van der Waals surface area contributed by atoms with Gasteiger partial charge in [-0.1, -0.05) is 64.7 Å². The van der Waals surface area contributed by atoms with E-state index in [1.807, 2.05) is 0 Å². The van der Waals surface area contributed by atoms with Crippen LogP contribution in [0.3, 0.4) is 0 Å². The third kappa shape index (κ3) is 16.7. The Kier molecular flexibility index (Phi) is 18.5. The van der Waals surface area contributed by atoms with Crippen LogP contribution in [0.2, 0.25) is 6.04 Å². The summed E-state index contributed by atoms with van der Waals surface area (Å²) in [6.07, 6.45) is 14.5. The molecule has 0 unspecified atom stereocenters. The summed E-state index contributed by atoms with van der Waals surface area (Å²) in [6, 6.07) is 1.38. The van der Waals surface area contributed by atoms with Crippen LogP contribution in [-0.4, -0.2) is 31.8 Å². The number of unbranched alkanes of at least 4 members (excludes halogenated alkanes) is 9. The van der Waals surface area contributed by atoms with Gasteiger partial charge in [-0.3, -0.25) is 0 Å². The van der Waals surface area contributed by atoms with E-state index in [1.165, 1.54) is 81.8 Å². The summed E-state index contributed by atoms with van der Waals surface area (Å²) in [5.41, 5.74) is 0. The molecule has 0 aliphatic heterocycles. The minimum Gasteiger partial charge on any atom is -0.468 e. The van der Waals surface area contributed by atoms with Crippen molar-refractivity contribution in [2.75, 3.05) is 11.5 Å². The van der Waals surface area contributed by atoms with Crippen LogP contribution in [0.1, 0.15) is 71.1 Å². The Hall–Kier alpha value is 0.744. The molecule has 0 radical (unpaired) electrons. The third-order valence-electron chi connectivity index (χ3n) is 3.28. The largest absolute Gasteiger partial charge is 0.468 e. The summed E-state index contributed by atoms with van der Waals surface area (Å²) >= 11 is 2.14. The van der Waals surface area contributed by atoms with Crippen molar-refractivity contribution >= 4 is 32.0 Å². The van der Waals surface area contributed by atoms with Crippen molar-refractivity contribution in [1.82, 2.24) is 0 Å². The summed E-state index contributed by atoms with van der Waals surface area (Å²) in [5.74, 6) is 2.73. The highest BCUT2D eigenvalue weighted by Gasteiger charge is 1.93. The van der Waals surface area contributed by atoms with E-state index < -0.39 is 0 Å². The average molecular weight is 307 g/mol. The molecule has 18 heavy (non-hydrogen) atoms. The first kappa shape index (κ1) is 18.7. The molecule has 4 heteroatoms. The Labute approximate surface area is 125 Å². The SMILES string of the molecule is CCCCCCCCCCCCSCC[SiH2]O[SiH3]. The number of rotatable bonds is 15. The molecule has 0 bridgehead atoms. The fraction of sp³-hybridized carbons (Fsp3) is 1.00. The third-order valence-corrected chi connectivity index (χ3v) is 7.22. The highest BCUT2D eigenvalue weighted by Crippen LogP contribution is 2.12. The normalized spacial score (nSPS) is 11.8. The molecule has 1 nitrogen and oxygen atoms in total. The Morgan fingerprint density at radius 1 is 0.833 bits per heavy atom. The molecule has 0 aromatic carbocycles. The van der Waals surface area contributed by atoms with Gasteiger partial charge in [-0.15, -0.1) is 0 Å². The monoisotopic (exact) mass is 306 g/mol. The molecule has 0 aromatic heterocycles. The molecule has 0 fully saturated rings. The Bertz CT molecular complexity index is 132. The molecule has 0 saturated heterocycles. The van der Waals surface area contributed by atoms with E-state index in [4.69, 9.17) is 4.12 Å². The molecule has 0 aliphatic carbocycles. The zero-order valence-corrected chi connectivity index (χ0v) is 16.9. The Morgan fingerprint density at radius 2 is 1.39 bits per heavy atom. The topological polar surface area (TPSA) is 9.23 Å². The van der Waals surface area contributed by atoms with E-state index >= 15 is 0 Å². The van der Waals surface area contributed by atoms with Crippen molar-refractivity contribution in [1.29, 1.82) is 0 Å². The first-order valence-corrected chi connectivity index (χ1v) is 11.5. The molecule has 0 atom stereocenters. The van der Waals surface area contributed by atoms with E-state index in [0.29, 0.717) is 0 Å². The van der Waals surface area contributed by atoms with Crippen molar-refractivity contribution in [3.05, 3.63) is 0 Å². The van der Waals surface area contributed by atoms with Gasteiger partial charge < -0.3 is 4.12 Å². The van der Waals surface area contributed by atoms with Gasteiger partial charge in [0.2, 0.25) is 0 Å². The van der Waals surface area contributed by atoms with Gasteiger partial charge >= 0.3 is 0 Å². The van der Waals surface area contributed by atoms with Gasteiger partial charge in [-0.25, -0.2) is 0 Å². The van der Waals surface area contributed by atoms with Crippen molar-refractivity contribution in [3.63, 3.8) is 0 Å². The van der Waals surface area contributed by atoms with E-state index in [9.17, 15) is 0 Å². The van der Waals surface area contributed by atoms with Crippen LogP contribution in [0.25, 0.3) is 0 Å². The molecular formula is C14H34OSSi2. The first-order valence-electron chi connectivity index (χ1n) is 7.98. The first-order chi connectivity index (χ1) is 8.91. The van der Waals surface area contributed by atoms with E-state index in [0.717, 1.165) is 10.5 Å². The smallest absolute Gasteiger partial charge is 0.146 e. The number of thioether (sulfide) groups is 1. The van der Waals surface area contributed by atoms with Gasteiger partial charge in [0.25, 0.3) is 0 Å². The molecule has 0 saturated carbocycles. The molecule has 0 spiro atoms. The quantitative estimate of drug-likeness (QED) is 0.338. The fourth-order valence-corrected chi connectivity index (χ4v) is 5.15. The standard InChI is InChI=1S/C14H34OSSi2/c1-2-3-4-5-6-7-8-9-10-11-12-16-13-14-18-15-17/h2-14,18H2,1,17H3. The predicted molar refractivity (Wildman–Crippen MR) is 93.5 cm³/mol. The molecule has 0 amide bonds. The zero-order valence-electron chi connectivity index (χ0n) is 12.7. The summed E-state index contributed by atoms with van der Waals surface area (Å²) in [7, 11) is 0.865. The molecular weight excluding hydrogens is 272 g/mol. The summed E-state index contributed by atoms with van der Waals surface area (Å²) in [4.78, 5) is 0. The van der Waals surface area contributed by atoms with Crippen molar-refractivity contribution < 1.29 is 4.12 Å². The summed E-state index contributed by atoms with van der Waals surface area (Å²) in [6.45, 7) is 2.29. The van der Waals surface area contributed by atoms with Crippen LogP contribution in [0, 0.1) is 0 Å². The zero-order chi connectivity index (χ0) is 13.3. The maximum absolute atomic E-state index is 5.31. The summed E-state index contributed by atoms with van der Waals surface area (Å²) in [5, 5.41) is 0. The van der Waals surface area contributed by atoms with Crippen molar-refractivity contribution in [2.24, 2.45) is 0 Å². The highest BCUT2D eigenvalue weighted by molar-refractivity contribution is 7.99. The van der Waals surface area contributed by atoms with Gasteiger partial charge in [0.15, 0.2) is 0 Å². The van der Waals surface area contributed by atoms with Crippen molar-refractivity contribution in [2.45, 2.75) is 77.2 Å². The molecule has 110 valence electrons. The molecule has 0 aromatic rings. The lowest BCUT2D eigenvalue weighted by atomic mass is 10.1. The Morgan fingerprint density at radius 3 is 1.94 bits per heavy atom. The van der Waals surface area contributed by atoms with Crippen LogP contribution in [0.15, 0.2) is 0 Å². The average Bonchev–Trinajstić information content (AvgIpc) is 2.39. The molecule has 0 N–H and O–H groups in total. The lowest BCUT2D eigenvalue weighted by Gasteiger charge is -2.03. The van der Waals surface area contributed by atoms with Crippen LogP contribution >= 0.6 is 11.8 Å². The minimum atomic E-state index is -0.0974. The van der Waals surface area contributed by atoms with Gasteiger partial charge in [0.1, 0.15) is 20.2 Å². The summed E-state index contributed by atoms with van der Waals surface area (Å²) < 4.78 is 5.31. The predicted octanol–water partition coefficient (Wildman–Crippen LogP) is 3.44. The van der Waals surface area contributed by atoms with Crippen LogP contribution in [0.5, 0.6) is 0 Å². The fourth-order valence-electron chi connectivity index (χ4n) is 2.10. The molecule has 0 rings (SSSR count). The Balaban J connectivity index is 2.86. The molecule has 0 aliphatic rings. The minimum absolute atomic E-state index is 0.0974. The van der Waals surface area contributed by atoms with E-state index in [1.54, 1.807) is 0 Å². The van der Waals surface area contributed by atoms with Crippen molar-refractivity contribution in [3.8, 4) is 0 Å². The number of hydrogen-bond acceptors (Lipinski definition) is 2. The second-order valence-electron chi connectivity index (χ2n) is 5.14. The second kappa shape index (κ2) is 17.7. The second-order valence-corrected chi connectivity index (χ2v) is 9.79. The van der Waals surface area contributed by atoms with E-state index in [2.05, 4.69) is 18.7 Å². The van der Waals surface area contributed by atoms with Crippen LogP contribution in [0.4, 0.5) is 0 Å². The van der Waals surface area contributed by atoms with Crippen LogP contribution < -0.4 is 0 Å². The van der Waals surface area contributed by atoms with Gasteiger partial charge in [-0.2, -0.15) is 11.8 Å².